The van der Waals surface area contributed by atoms with Crippen molar-refractivity contribution in [1.82, 2.24) is 4.98 Å². The van der Waals surface area contributed by atoms with Gasteiger partial charge in [-0.2, -0.15) is 0 Å². The Bertz CT molecular complexity index is 393. The lowest BCUT2D eigenvalue weighted by molar-refractivity contribution is 1.10. The van der Waals surface area contributed by atoms with Crippen molar-refractivity contribution in [3.63, 3.8) is 0 Å². The van der Waals surface area contributed by atoms with Crippen molar-refractivity contribution < 1.29 is 0 Å². The molecule has 3 heterocycles. The Morgan fingerprint density at radius 2 is 2.42 bits per heavy atom. The van der Waals surface area contributed by atoms with Crippen LogP contribution in [0.1, 0.15) is 0 Å². The number of aliphatic imine (C=N–C) groups is 1. The summed E-state index contributed by atoms with van der Waals surface area (Å²) >= 11 is 0. The molecular weight excluding hydrogens is 150 g/mol. The Morgan fingerprint density at radius 1 is 1.42 bits per heavy atom. The van der Waals surface area contributed by atoms with Crippen LogP contribution in [0.2, 0.25) is 0 Å². The first-order chi connectivity index (χ1) is 5.93. The Morgan fingerprint density at radius 3 is 3.42 bits per heavy atom. The van der Waals surface area contributed by atoms with Crippen molar-refractivity contribution in [3.05, 3.63) is 30.6 Å². The van der Waals surface area contributed by atoms with Crippen molar-refractivity contribution in [2.45, 2.75) is 0 Å². The van der Waals surface area contributed by atoms with Gasteiger partial charge in [0.1, 0.15) is 0 Å². The molecule has 3 rings (SSSR count). The quantitative estimate of drug-likeness (QED) is 0.571. The van der Waals surface area contributed by atoms with Crippen LogP contribution >= 0.6 is 0 Å². The zero-order chi connectivity index (χ0) is 7.97. The number of nitrogens with zero attached hydrogens (tertiary/aromatic N) is 3. The van der Waals surface area contributed by atoms with Gasteiger partial charge in [0.05, 0.1) is 17.9 Å². The first kappa shape index (κ1) is 5.94. The topological polar surface area (TPSA) is 28.5 Å². The van der Waals surface area contributed by atoms with Gasteiger partial charge in [-0.15, -0.1) is 0 Å². The second-order valence-corrected chi connectivity index (χ2v) is 2.89. The van der Waals surface area contributed by atoms with Gasteiger partial charge < -0.3 is 4.90 Å². The van der Waals surface area contributed by atoms with Gasteiger partial charge in [0, 0.05) is 12.4 Å². The number of fused-ring (bicyclic) bond motifs is 4. The summed E-state index contributed by atoms with van der Waals surface area (Å²) in [5.41, 5.74) is 2.20. The van der Waals surface area contributed by atoms with Crippen LogP contribution in [-0.2, 0) is 0 Å². The average Bonchev–Trinajstić information content (AvgIpc) is 2.49. The maximum absolute atomic E-state index is 4.38. The molecule has 2 aliphatic rings. The van der Waals surface area contributed by atoms with Gasteiger partial charge in [-0.3, -0.25) is 0 Å². The van der Waals surface area contributed by atoms with E-state index in [9.17, 15) is 0 Å². The van der Waals surface area contributed by atoms with Crippen LogP contribution in [0.3, 0.4) is 0 Å². The number of hydrogen-bond donors (Lipinski definition) is 0. The van der Waals surface area contributed by atoms with Crippen molar-refractivity contribution in [2.75, 3.05) is 11.4 Å². The lowest BCUT2D eigenvalue weighted by atomic mass is 10.3. The van der Waals surface area contributed by atoms with Crippen LogP contribution in [0.4, 0.5) is 11.5 Å². The molecule has 0 aliphatic carbocycles. The normalized spacial score (nSPS) is 17.7. The van der Waals surface area contributed by atoms with E-state index in [1.54, 1.807) is 6.20 Å². The number of anilines is 1. The van der Waals surface area contributed by atoms with E-state index in [0.29, 0.717) is 0 Å². The lowest BCUT2D eigenvalue weighted by Gasteiger charge is -2.19. The largest absolute Gasteiger partial charge is 0.339 e. The minimum atomic E-state index is 0.837. The molecule has 0 N–H and O–H groups in total. The predicted octanol–water partition coefficient (Wildman–Crippen LogP) is 1.50. The molecule has 0 radical (unpaired) electrons. The lowest BCUT2D eigenvalue weighted by Crippen LogP contribution is -2.20. The highest BCUT2D eigenvalue weighted by Crippen LogP contribution is 2.32. The summed E-state index contributed by atoms with van der Waals surface area (Å²) in [5.74, 6) is 0.837. The zero-order valence-electron chi connectivity index (χ0n) is 6.44. The van der Waals surface area contributed by atoms with Crippen molar-refractivity contribution in [1.29, 1.82) is 0 Å². The molecule has 3 nitrogen and oxygen atoms in total. The molecule has 0 atom stereocenters. The molecule has 0 saturated carbocycles. The van der Waals surface area contributed by atoms with Gasteiger partial charge in [-0.05, 0) is 18.2 Å². The smallest absolute Gasteiger partial charge is 0.176 e. The zero-order valence-corrected chi connectivity index (χ0v) is 6.44. The van der Waals surface area contributed by atoms with E-state index in [2.05, 4.69) is 14.9 Å². The summed E-state index contributed by atoms with van der Waals surface area (Å²) in [6.45, 7) is 0.901. The molecule has 0 amide bonds. The van der Waals surface area contributed by atoms with E-state index >= 15 is 0 Å². The van der Waals surface area contributed by atoms with Gasteiger partial charge in [-0.1, -0.05) is 0 Å². The van der Waals surface area contributed by atoms with Crippen LogP contribution in [0.5, 0.6) is 0 Å². The third-order valence-electron chi connectivity index (χ3n) is 2.10. The van der Waals surface area contributed by atoms with E-state index in [1.165, 1.54) is 0 Å². The predicted molar refractivity (Wildman–Crippen MR) is 47.8 cm³/mol. The van der Waals surface area contributed by atoms with Gasteiger partial charge in [-0.25, -0.2) is 9.98 Å². The van der Waals surface area contributed by atoms with Gasteiger partial charge in [0.2, 0.25) is 0 Å². The van der Waals surface area contributed by atoms with Crippen LogP contribution in [-0.4, -0.2) is 17.2 Å². The standard InChI is InChI=1S/C9H7N3/c1-2-8-9(10-4-1)11-7-3-5-12(8)6-7/h1-5H,6H2. The molecule has 0 unspecified atom stereocenters. The summed E-state index contributed by atoms with van der Waals surface area (Å²) in [6, 6.07) is 3.98. The molecular formula is C9H7N3. The maximum atomic E-state index is 4.38. The Kier molecular flexibility index (Phi) is 0.961. The SMILES string of the molecule is C1=CN2CC1=Nc1ncccc12. The van der Waals surface area contributed by atoms with Crippen LogP contribution < -0.4 is 4.90 Å². The number of hydrogen-bond acceptors (Lipinski definition) is 3. The van der Waals surface area contributed by atoms with Crippen LogP contribution in [0, 0.1) is 0 Å². The van der Waals surface area contributed by atoms with Gasteiger partial charge in [0.15, 0.2) is 5.82 Å². The molecule has 2 bridgehead atoms. The molecule has 0 spiro atoms. The first-order valence-electron chi connectivity index (χ1n) is 3.91. The highest BCUT2D eigenvalue weighted by Gasteiger charge is 2.20. The number of rotatable bonds is 0. The van der Waals surface area contributed by atoms with E-state index in [4.69, 9.17) is 0 Å². The van der Waals surface area contributed by atoms with Crippen molar-refractivity contribution in [3.8, 4) is 0 Å². The third kappa shape index (κ3) is 0.652. The minimum Gasteiger partial charge on any atom is -0.339 e. The van der Waals surface area contributed by atoms with Crippen molar-refractivity contribution >= 4 is 17.2 Å². The fourth-order valence-electron chi connectivity index (χ4n) is 1.53. The fourth-order valence-corrected chi connectivity index (χ4v) is 1.53. The molecule has 0 aromatic carbocycles. The summed E-state index contributed by atoms with van der Waals surface area (Å²) < 4.78 is 0. The second kappa shape index (κ2) is 1.94. The Hall–Kier alpha value is -1.64. The molecule has 1 aromatic rings. The first-order valence-corrected chi connectivity index (χ1v) is 3.91. The van der Waals surface area contributed by atoms with Crippen LogP contribution in [0.25, 0.3) is 0 Å². The fraction of sp³-hybridized carbons (Fsp3) is 0.111. The maximum Gasteiger partial charge on any atom is 0.176 e. The van der Waals surface area contributed by atoms with E-state index in [0.717, 1.165) is 23.8 Å². The van der Waals surface area contributed by atoms with E-state index in [1.807, 2.05) is 24.4 Å². The molecule has 0 fully saturated rings. The van der Waals surface area contributed by atoms with Gasteiger partial charge in [0.25, 0.3) is 0 Å². The monoisotopic (exact) mass is 157 g/mol. The van der Waals surface area contributed by atoms with Crippen molar-refractivity contribution in [2.24, 2.45) is 4.99 Å². The van der Waals surface area contributed by atoms with Crippen LogP contribution in [0.15, 0.2) is 35.6 Å². The van der Waals surface area contributed by atoms with E-state index in [-0.39, 0.29) is 0 Å². The highest BCUT2D eigenvalue weighted by molar-refractivity contribution is 6.06. The Balaban J connectivity index is 2.29. The molecule has 2 aliphatic heterocycles. The number of aromatic nitrogens is 1. The molecule has 0 saturated heterocycles. The summed E-state index contributed by atoms with van der Waals surface area (Å²) in [4.78, 5) is 10.7. The number of pyridine rings is 1. The average molecular weight is 157 g/mol. The minimum absolute atomic E-state index is 0.837. The molecule has 58 valence electrons. The third-order valence-corrected chi connectivity index (χ3v) is 2.10. The second-order valence-electron chi connectivity index (χ2n) is 2.89. The summed E-state index contributed by atoms with van der Waals surface area (Å²) in [6.07, 6.45) is 5.85. The molecule has 12 heavy (non-hydrogen) atoms. The molecule has 3 heteroatoms. The summed E-state index contributed by atoms with van der Waals surface area (Å²) in [5, 5.41) is 0. The molecule has 1 aromatic heterocycles. The van der Waals surface area contributed by atoms with Gasteiger partial charge >= 0.3 is 0 Å². The Labute approximate surface area is 70.1 Å². The van der Waals surface area contributed by atoms with E-state index < -0.39 is 0 Å². The summed E-state index contributed by atoms with van der Waals surface area (Å²) in [7, 11) is 0. The highest BCUT2D eigenvalue weighted by atomic mass is 15.2.